The van der Waals surface area contributed by atoms with E-state index in [-0.39, 0.29) is 18.4 Å². The van der Waals surface area contributed by atoms with E-state index in [1.165, 1.54) is 11.3 Å². The Morgan fingerprint density at radius 3 is 2.80 bits per heavy atom. The van der Waals surface area contributed by atoms with Gasteiger partial charge in [-0.3, -0.25) is 14.9 Å². The summed E-state index contributed by atoms with van der Waals surface area (Å²) < 4.78 is 3.37. The highest BCUT2D eigenvalue weighted by molar-refractivity contribution is 7.22. The van der Waals surface area contributed by atoms with E-state index in [0.717, 1.165) is 10.2 Å². The Balaban J connectivity index is 1.97. The largest absolute Gasteiger partial charge is 0.339 e. The molecule has 3 rings (SSSR count). The Kier molecular flexibility index (Phi) is 3.02. The third kappa shape index (κ3) is 2.08. The van der Waals surface area contributed by atoms with E-state index in [2.05, 4.69) is 10.3 Å². The highest BCUT2D eigenvalue weighted by Crippen LogP contribution is 2.31. The van der Waals surface area contributed by atoms with Crippen LogP contribution >= 0.6 is 22.9 Å². The molecule has 8 heteroatoms. The van der Waals surface area contributed by atoms with Crippen molar-refractivity contribution >= 4 is 50.9 Å². The number of halogens is 1. The molecule has 1 saturated heterocycles. The van der Waals surface area contributed by atoms with E-state index in [1.807, 2.05) is 6.07 Å². The molecule has 0 aliphatic carbocycles. The molecule has 1 N–H and O–H groups in total. The molecule has 0 saturated carbocycles. The maximum atomic E-state index is 12.2. The van der Waals surface area contributed by atoms with Gasteiger partial charge in [0.1, 0.15) is 5.69 Å². The van der Waals surface area contributed by atoms with Crippen LogP contribution < -0.4 is 5.32 Å². The number of aryl methyl sites for hydroxylation is 1. The van der Waals surface area contributed by atoms with Crippen LogP contribution in [-0.4, -0.2) is 40.8 Å². The average molecular weight is 311 g/mol. The fourth-order valence-electron chi connectivity index (χ4n) is 2.10. The molecule has 1 aliphatic rings. The van der Waals surface area contributed by atoms with E-state index < -0.39 is 5.91 Å². The van der Waals surface area contributed by atoms with Crippen molar-refractivity contribution in [2.45, 2.75) is 0 Å². The third-order valence-electron chi connectivity index (χ3n) is 3.12. The van der Waals surface area contributed by atoms with Crippen LogP contribution in [0.4, 0.5) is 0 Å². The second-order valence-electron chi connectivity index (χ2n) is 4.53. The SMILES string of the molecule is CN1CC(=O)NC1=NC(=O)c1cc2sc(Cl)cc2n1C. The van der Waals surface area contributed by atoms with E-state index in [1.54, 1.807) is 29.6 Å². The van der Waals surface area contributed by atoms with Crippen LogP contribution in [0.2, 0.25) is 4.34 Å². The first kappa shape index (κ1) is 13.1. The summed E-state index contributed by atoms with van der Waals surface area (Å²) in [5, 5.41) is 2.55. The number of amides is 2. The first-order valence-corrected chi connectivity index (χ1v) is 7.04. The van der Waals surface area contributed by atoms with Gasteiger partial charge in [0.15, 0.2) is 0 Å². The molecule has 0 radical (unpaired) electrons. The standard InChI is InChI=1S/C12H11ClN4O2S/c1-16-5-10(18)14-12(16)15-11(19)7-3-8-6(17(7)2)4-9(13)20-8/h3-4H,5H2,1-2H3,(H,14,15,18,19). The van der Waals surface area contributed by atoms with Gasteiger partial charge >= 0.3 is 0 Å². The first-order chi connectivity index (χ1) is 9.45. The predicted octanol–water partition coefficient (Wildman–Crippen LogP) is 1.45. The Bertz CT molecular complexity index is 761. The molecule has 0 spiro atoms. The number of aromatic nitrogens is 1. The zero-order chi connectivity index (χ0) is 14.4. The Morgan fingerprint density at radius 1 is 1.45 bits per heavy atom. The normalized spacial score (nSPS) is 17.2. The lowest BCUT2D eigenvalue weighted by Gasteiger charge is -2.07. The van der Waals surface area contributed by atoms with Crippen LogP contribution in [0.5, 0.6) is 0 Å². The van der Waals surface area contributed by atoms with Crippen LogP contribution in [0.15, 0.2) is 17.1 Å². The van der Waals surface area contributed by atoms with Gasteiger partial charge in [-0.1, -0.05) is 11.6 Å². The van der Waals surface area contributed by atoms with Crippen LogP contribution in [0, 0.1) is 0 Å². The van der Waals surface area contributed by atoms with Crippen molar-refractivity contribution in [3.63, 3.8) is 0 Å². The number of likely N-dealkylation sites (N-methyl/N-ethyl adjacent to an activating group) is 1. The van der Waals surface area contributed by atoms with Gasteiger partial charge in [0.25, 0.3) is 5.91 Å². The Labute approximate surface area is 123 Å². The summed E-state index contributed by atoms with van der Waals surface area (Å²) in [5.41, 5.74) is 1.36. The molecule has 1 aliphatic heterocycles. The summed E-state index contributed by atoms with van der Waals surface area (Å²) in [6.45, 7) is 0.212. The summed E-state index contributed by atoms with van der Waals surface area (Å²) in [4.78, 5) is 29.0. The van der Waals surface area contributed by atoms with Gasteiger partial charge in [-0.25, -0.2) is 0 Å². The lowest BCUT2D eigenvalue weighted by molar-refractivity contribution is -0.118. The average Bonchev–Trinajstić information content (AvgIpc) is 2.96. The maximum absolute atomic E-state index is 12.2. The smallest absolute Gasteiger partial charge is 0.296 e. The van der Waals surface area contributed by atoms with Crippen molar-refractivity contribution in [2.24, 2.45) is 12.0 Å². The fraction of sp³-hybridized carbons (Fsp3) is 0.250. The number of hydrogen-bond donors (Lipinski definition) is 1. The monoisotopic (exact) mass is 310 g/mol. The van der Waals surface area contributed by atoms with E-state index >= 15 is 0 Å². The molecular weight excluding hydrogens is 300 g/mol. The summed E-state index contributed by atoms with van der Waals surface area (Å²) in [5.74, 6) is -0.280. The van der Waals surface area contributed by atoms with Gasteiger partial charge in [0.2, 0.25) is 11.9 Å². The quantitative estimate of drug-likeness (QED) is 0.867. The van der Waals surface area contributed by atoms with Crippen molar-refractivity contribution in [3.8, 4) is 0 Å². The minimum Gasteiger partial charge on any atom is -0.339 e. The van der Waals surface area contributed by atoms with Crippen LogP contribution in [0.25, 0.3) is 10.2 Å². The molecule has 2 amide bonds. The van der Waals surface area contributed by atoms with E-state index in [9.17, 15) is 9.59 Å². The number of nitrogens with zero attached hydrogens (tertiary/aromatic N) is 3. The lowest BCUT2D eigenvalue weighted by atomic mass is 10.4. The van der Waals surface area contributed by atoms with Crippen molar-refractivity contribution in [2.75, 3.05) is 13.6 Å². The Hall–Kier alpha value is -1.86. The fourth-order valence-corrected chi connectivity index (χ4v) is 3.31. The zero-order valence-corrected chi connectivity index (χ0v) is 12.4. The van der Waals surface area contributed by atoms with Crippen molar-refractivity contribution in [3.05, 3.63) is 22.2 Å². The first-order valence-electron chi connectivity index (χ1n) is 5.84. The van der Waals surface area contributed by atoms with Gasteiger partial charge < -0.3 is 9.47 Å². The van der Waals surface area contributed by atoms with Crippen LogP contribution in [-0.2, 0) is 11.8 Å². The molecule has 0 aromatic carbocycles. The highest BCUT2D eigenvalue weighted by Gasteiger charge is 2.23. The molecule has 1 fully saturated rings. The van der Waals surface area contributed by atoms with Gasteiger partial charge in [-0.15, -0.1) is 11.3 Å². The number of guanidine groups is 1. The maximum Gasteiger partial charge on any atom is 0.296 e. The summed E-state index contributed by atoms with van der Waals surface area (Å²) in [6.07, 6.45) is 0. The molecule has 0 unspecified atom stereocenters. The molecule has 20 heavy (non-hydrogen) atoms. The number of hydrogen-bond acceptors (Lipinski definition) is 3. The molecule has 0 bridgehead atoms. The highest BCUT2D eigenvalue weighted by atomic mass is 35.5. The molecule has 2 aromatic rings. The summed E-state index contributed by atoms with van der Waals surface area (Å²) in [7, 11) is 3.49. The molecule has 6 nitrogen and oxygen atoms in total. The number of carbonyl (C=O) groups is 2. The van der Waals surface area contributed by atoms with Crippen molar-refractivity contribution in [1.29, 1.82) is 0 Å². The lowest BCUT2D eigenvalue weighted by Crippen LogP contribution is -2.28. The minimum absolute atomic E-state index is 0.168. The van der Waals surface area contributed by atoms with Crippen LogP contribution in [0.3, 0.4) is 0 Å². The zero-order valence-electron chi connectivity index (χ0n) is 10.8. The van der Waals surface area contributed by atoms with Crippen molar-refractivity contribution < 1.29 is 9.59 Å². The number of thiophene rings is 1. The second kappa shape index (κ2) is 4.60. The number of nitrogens with one attached hydrogen (secondary N) is 1. The third-order valence-corrected chi connectivity index (χ3v) is 4.32. The molecule has 3 heterocycles. The number of aliphatic imine (C=N–C) groups is 1. The van der Waals surface area contributed by atoms with E-state index in [4.69, 9.17) is 11.6 Å². The van der Waals surface area contributed by atoms with Gasteiger partial charge in [-0.05, 0) is 12.1 Å². The van der Waals surface area contributed by atoms with Gasteiger partial charge in [0, 0.05) is 14.1 Å². The topological polar surface area (TPSA) is 66.7 Å². The Morgan fingerprint density at radius 2 is 2.20 bits per heavy atom. The van der Waals surface area contributed by atoms with Crippen molar-refractivity contribution in [1.82, 2.24) is 14.8 Å². The van der Waals surface area contributed by atoms with Gasteiger partial charge in [0.05, 0.1) is 21.1 Å². The molecule has 0 atom stereocenters. The molecular formula is C12H11ClN4O2S. The summed E-state index contributed by atoms with van der Waals surface area (Å²) in [6, 6.07) is 3.57. The second-order valence-corrected chi connectivity index (χ2v) is 6.25. The number of rotatable bonds is 1. The molecule has 104 valence electrons. The predicted molar refractivity (Wildman–Crippen MR) is 78.3 cm³/mol. The minimum atomic E-state index is -0.393. The van der Waals surface area contributed by atoms with Crippen LogP contribution in [0.1, 0.15) is 10.5 Å². The number of carbonyl (C=O) groups excluding carboxylic acids is 2. The van der Waals surface area contributed by atoms with E-state index in [0.29, 0.717) is 10.0 Å². The molecule has 2 aromatic heterocycles. The number of fused-ring (bicyclic) bond motifs is 1. The summed E-state index contributed by atoms with van der Waals surface area (Å²) >= 11 is 7.35. The van der Waals surface area contributed by atoms with Gasteiger partial charge in [-0.2, -0.15) is 4.99 Å².